The van der Waals surface area contributed by atoms with E-state index >= 15 is 0 Å². The lowest BCUT2D eigenvalue weighted by Gasteiger charge is -2.46. The highest BCUT2D eigenvalue weighted by atomic mass is 19.1. The van der Waals surface area contributed by atoms with E-state index < -0.39 is 6.04 Å². The average Bonchev–Trinajstić information content (AvgIpc) is 3.06. The SMILES string of the molecule is O=C1[C@@H](c2ccc(F)cc2)N(C2CCCC2)C(=O)CN1C1CCCCCC1. The Morgan fingerprint density at radius 1 is 0.778 bits per heavy atom. The maximum atomic E-state index is 13.6. The molecule has 146 valence electrons. The minimum absolute atomic E-state index is 0.0278. The molecule has 1 heterocycles. The molecule has 0 bridgehead atoms. The predicted molar refractivity (Wildman–Crippen MR) is 101 cm³/mol. The highest BCUT2D eigenvalue weighted by molar-refractivity contribution is 5.96. The number of nitrogens with zero attached hydrogens (tertiary/aromatic N) is 2. The van der Waals surface area contributed by atoms with Gasteiger partial charge in [-0.05, 0) is 43.4 Å². The van der Waals surface area contributed by atoms with Crippen molar-refractivity contribution in [3.63, 3.8) is 0 Å². The molecule has 4 nitrogen and oxygen atoms in total. The van der Waals surface area contributed by atoms with Gasteiger partial charge in [-0.2, -0.15) is 0 Å². The van der Waals surface area contributed by atoms with E-state index in [9.17, 15) is 14.0 Å². The number of carbonyl (C=O) groups excluding carboxylic acids is 2. The van der Waals surface area contributed by atoms with Crippen LogP contribution in [0.15, 0.2) is 24.3 Å². The van der Waals surface area contributed by atoms with E-state index in [1.54, 1.807) is 12.1 Å². The quantitative estimate of drug-likeness (QED) is 0.746. The van der Waals surface area contributed by atoms with E-state index in [4.69, 9.17) is 0 Å². The van der Waals surface area contributed by atoms with Gasteiger partial charge in [-0.25, -0.2) is 4.39 Å². The number of rotatable bonds is 3. The Bertz CT molecular complexity index is 676. The number of hydrogen-bond donors (Lipinski definition) is 0. The number of halogens is 1. The molecule has 2 saturated carbocycles. The molecule has 4 rings (SSSR count). The molecule has 0 spiro atoms. The van der Waals surface area contributed by atoms with Gasteiger partial charge in [0, 0.05) is 12.1 Å². The monoisotopic (exact) mass is 372 g/mol. The average molecular weight is 372 g/mol. The van der Waals surface area contributed by atoms with E-state index in [1.165, 1.54) is 25.0 Å². The van der Waals surface area contributed by atoms with Crippen LogP contribution in [0.25, 0.3) is 0 Å². The first-order valence-electron chi connectivity index (χ1n) is 10.5. The molecule has 5 heteroatoms. The predicted octanol–water partition coefficient (Wildman–Crippen LogP) is 4.20. The van der Waals surface area contributed by atoms with E-state index in [0.717, 1.165) is 56.9 Å². The normalized spacial score (nSPS) is 25.9. The summed E-state index contributed by atoms with van der Waals surface area (Å²) in [5, 5.41) is 0. The van der Waals surface area contributed by atoms with Crippen molar-refractivity contribution in [2.45, 2.75) is 82.3 Å². The van der Waals surface area contributed by atoms with Gasteiger partial charge in [-0.3, -0.25) is 9.59 Å². The second-order valence-corrected chi connectivity index (χ2v) is 8.30. The minimum atomic E-state index is -0.599. The van der Waals surface area contributed by atoms with Gasteiger partial charge in [-0.15, -0.1) is 0 Å². The first-order valence-corrected chi connectivity index (χ1v) is 10.5. The Morgan fingerprint density at radius 3 is 1.96 bits per heavy atom. The van der Waals surface area contributed by atoms with Gasteiger partial charge >= 0.3 is 0 Å². The van der Waals surface area contributed by atoms with Crippen LogP contribution in [0.2, 0.25) is 0 Å². The lowest BCUT2D eigenvalue weighted by molar-refractivity contribution is -0.161. The van der Waals surface area contributed by atoms with Crippen LogP contribution in [0.3, 0.4) is 0 Å². The summed E-state index contributed by atoms with van der Waals surface area (Å²) in [5.41, 5.74) is 0.736. The Morgan fingerprint density at radius 2 is 1.33 bits per heavy atom. The summed E-state index contributed by atoms with van der Waals surface area (Å²) in [4.78, 5) is 30.4. The van der Waals surface area contributed by atoms with Crippen LogP contribution >= 0.6 is 0 Å². The molecule has 0 N–H and O–H groups in total. The molecule has 2 amide bonds. The highest BCUT2D eigenvalue weighted by Gasteiger charge is 2.45. The zero-order valence-electron chi connectivity index (χ0n) is 15.9. The van der Waals surface area contributed by atoms with Gasteiger partial charge in [0.1, 0.15) is 18.4 Å². The molecule has 1 saturated heterocycles. The molecule has 1 aromatic carbocycles. The molecule has 1 aliphatic heterocycles. The van der Waals surface area contributed by atoms with Gasteiger partial charge < -0.3 is 9.80 Å². The van der Waals surface area contributed by atoms with Crippen LogP contribution in [0.5, 0.6) is 0 Å². The number of carbonyl (C=O) groups is 2. The van der Waals surface area contributed by atoms with E-state index in [1.807, 2.05) is 9.80 Å². The second-order valence-electron chi connectivity index (χ2n) is 8.30. The number of amides is 2. The molecule has 0 aromatic heterocycles. The number of benzene rings is 1. The van der Waals surface area contributed by atoms with Crippen molar-refractivity contribution in [2.75, 3.05) is 6.54 Å². The fraction of sp³-hybridized carbons (Fsp3) is 0.636. The van der Waals surface area contributed by atoms with Crippen LogP contribution in [-0.2, 0) is 9.59 Å². The first-order chi connectivity index (χ1) is 13.1. The number of hydrogen-bond acceptors (Lipinski definition) is 2. The lowest BCUT2D eigenvalue weighted by Crippen LogP contribution is -2.60. The van der Waals surface area contributed by atoms with Crippen molar-refractivity contribution in [3.05, 3.63) is 35.6 Å². The first kappa shape index (κ1) is 18.5. The molecule has 3 fully saturated rings. The summed E-state index contributed by atoms with van der Waals surface area (Å²) in [6.45, 7) is 0.206. The van der Waals surface area contributed by atoms with E-state index in [0.29, 0.717) is 0 Å². The third-order valence-corrected chi connectivity index (χ3v) is 6.56. The van der Waals surface area contributed by atoms with Crippen LogP contribution in [0.4, 0.5) is 4.39 Å². The third-order valence-electron chi connectivity index (χ3n) is 6.56. The molecule has 27 heavy (non-hydrogen) atoms. The number of piperazine rings is 1. The zero-order chi connectivity index (χ0) is 18.8. The standard InChI is InChI=1S/C22H29FN2O2/c23-17-13-11-16(12-14-17)21-22(27)24(18-7-3-1-2-4-8-18)15-20(26)25(21)19-9-5-6-10-19/h11-14,18-19,21H,1-10,15H2/t21-/m1/s1. The minimum Gasteiger partial charge on any atom is -0.328 e. The smallest absolute Gasteiger partial charge is 0.250 e. The molecule has 2 aliphatic carbocycles. The molecule has 1 atom stereocenters. The van der Waals surface area contributed by atoms with Crippen molar-refractivity contribution < 1.29 is 14.0 Å². The lowest BCUT2D eigenvalue weighted by atomic mass is 9.95. The van der Waals surface area contributed by atoms with Crippen molar-refractivity contribution in [1.82, 2.24) is 9.80 Å². The summed E-state index contributed by atoms with van der Waals surface area (Å²) in [6, 6.07) is 5.83. The maximum absolute atomic E-state index is 13.6. The Balaban J connectivity index is 1.66. The van der Waals surface area contributed by atoms with Gasteiger partial charge in [0.15, 0.2) is 0 Å². The Labute approximate surface area is 160 Å². The second kappa shape index (κ2) is 7.99. The van der Waals surface area contributed by atoms with Gasteiger partial charge in [-0.1, -0.05) is 50.7 Å². The molecule has 1 aromatic rings. The zero-order valence-corrected chi connectivity index (χ0v) is 15.9. The summed E-state index contributed by atoms with van der Waals surface area (Å²) in [5.74, 6) is -0.235. The molecular weight excluding hydrogens is 343 g/mol. The Hall–Kier alpha value is -1.91. The van der Waals surface area contributed by atoms with Gasteiger partial charge in [0.05, 0.1) is 0 Å². The van der Waals surface area contributed by atoms with Gasteiger partial charge in [0.25, 0.3) is 5.91 Å². The summed E-state index contributed by atoms with van der Waals surface area (Å²) >= 11 is 0. The molecule has 3 aliphatic rings. The fourth-order valence-electron chi connectivity index (χ4n) is 5.15. The summed E-state index contributed by atoms with van der Waals surface area (Å²) in [7, 11) is 0. The van der Waals surface area contributed by atoms with Crippen LogP contribution < -0.4 is 0 Å². The van der Waals surface area contributed by atoms with Crippen molar-refractivity contribution in [1.29, 1.82) is 0 Å². The Kier molecular flexibility index (Phi) is 5.46. The molecule has 0 unspecified atom stereocenters. The van der Waals surface area contributed by atoms with Crippen molar-refractivity contribution in [2.24, 2.45) is 0 Å². The van der Waals surface area contributed by atoms with Crippen LogP contribution in [-0.4, -0.2) is 40.2 Å². The van der Waals surface area contributed by atoms with Crippen molar-refractivity contribution >= 4 is 11.8 Å². The fourth-order valence-corrected chi connectivity index (χ4v) is 5.15. The van der Waals surface area contributed by atoms with Crippen LogP contribution in [0.1, 0.15) is 75.8 Å². The van der Waals surface area contributed by atoms with Gasteiger partial charge in [0.2, 0.25) is 5.91 Å². The summed E-state index contributed by atoms with van der Waals surface area (Å²) in [6.07, 6.45) is 10.8. The largest absolute Gasteiger partial charge is 0.328 e. The van der Waals surface area contributed by atoms with Crippen LogP contribution in [0, 0.1) is 5.82 Å². The van der Waals surface area contributed by atoms with E-state index in [-0.39, 0.29) is 36.3 Å². The summed E-state index contributed by atoms with van der Waals surface area (Å²) < 4.78 is 13.5. The van der Waals surface area contributed by atoms with E-state index in [2.05, 4.69) is 0 Å². The van der Waals surface area contributed by atoms with Crippen molar-refractivity contribution in [3.8, 4) is 0 Å². The molecule has 0 radical (unpaired) electrons. The highest BCUT2D eigenvalue weighted by Crippen LogP contribution is 2.37. The maximum Gasteiger partial charge on any atom is 0.250 e. The molecular formula is C22H29FN2O2. The topological polar surface area (TPSA) is 40.6 Å². The third kappa shape index (κ3) is 3.74.